The van der Waals surface area contributed by atoms with Gasteiger partial charge in [-0.15, -0.1) is 0 Å². The van der Waals surface area contributed by atoms with Crippen molar-refractivity contribution in [3.63, 3.8) is 0 Å². The van der Waals surface area contributed by atoms with Crippen LogP contribution in [-0.4, -0.2) is 49.7 Å². The van der Waals surface area contributed by atoms with Crippen molar-refractivity contribution >= 4 is 17.0 Å². The third-order valence-electron chi connectivity index (χ3n) is 8.61. The Bertz CT molecular complexity index is 1850. The minimum Gasteiger partial charge on any atom is -0.484 e. The molecule has 0 atom stereocenters. The van der Waals surface area contributed by atoms with Crippen LogP contribution in [0, 0.1) is 39.7 Å². The van der Waals surface area contributed by atoms with E-state index in [0.717, 1.165) is 31.7 Å². The number of piperidine rings is 1. The summed E-state index contributed by atoms with van der Waals surface area (Å²) in [6.07, 6.45) is 3.32. The first-order chi connectivity index (χ1) is 22.2. The zero-order chi connectivity index (χ0) is 32.3. The predicted octanol–water partition coefficient (Wildman–Crippen LogP) is 5.52. The molecule has 2 aliphatic rings. The van der Waals surface area contributed by atoms with Gasteiger partial charge in [-0.3, -0.25) is 9.69 Å². The molecule has 46 heavy (non-hydrogen) atoms. The van der Waals surface area contributed by atoms with Crippen LogP contribution in [0.4, 0.5) is 8.78 Å². The zero-order valence-corrected chi connectivity index (χ0v) is 25.1. The molecule has 1 N–H and O–H groups in total. The fourth-order valence-electron chi connectivity index (χ4n) is 5.93. The average molecular weight is 627 g/mol. The number of hydrogen-bond acceptors (Lipinski definition) is 8. The number of hydrogen-bond donors (Lipinski definition) is 1. The van der Waals surface area contributed by atoms with Crippen molar-refractivity contribution in [2.75, 3.05) is 13.1 Å². The van der Waals surface area contributed by atoms with Crippen LogP contribution in [-0.2, 0) is 30.9 Å². The summed E-state index contributed by atoms with van der Waals surface area (Å²) in [6, 6.07) is 16.5. The Hall–Kier alpha value is -5.07. The van der Waals surface area contributed by atoms with Gasteiger partial charge in [-0.05, 0) is 67.6 Å². The van der Waals surface area contributed by atoms with Crippen LogP contribution in [0.15, 0.2) is 48.5 Å². The molecule has 12 heteroatoms. The first-order valence-corrected chi connectivity index (χ1v) is 15.2. The Morgan fingerprint density at radius 2 is 1.87 bits per heavy atom. The van der Waals surface area contributed by atoms with Crippen LogP contribution in [0.25, 0.3) is 11.0 Å². The van der Waals surface area contributed by atoms with E-state index >= 15 is 4.39 Å². The smallest absolute Gasteiger partial charge is 0.307 e. The number of carbonyl (C=O) groups is 1. The number of aromatic nitrogens is 3. The summed E-state index contributed by atoms with van der Waals surface area (Å²) >= 11 is 0. The highest BCUT2D eigenvalue weighted by atomic mass is 19.1. The quantitative estimate of drug-likeness (QED) is 0.215. The van der Waals surface area contributed by atoms with Crippen molar-refractivity contribution in [2.45, 2.75) is 64.3 Å². The number of ether oxygens (including phenoxy) is 2. The zero-order valence-electron chi connectivity index (χ0n) is 25.1. The van der Waals surface area contributed by atoms with Crippen molar-refractivity contribution in [3.05, 3.63) is 82.8 Å². The lowest BCUT2D eigenvalue weighted by Gasteiger charge is -2.32. The highest BCUT2D eigenvalue weighted by molar-refractivity contribution is 5.80. The molecule has 0 spiro atoms. The maximum absolute atomic E-state index is 15.1. The highest BCUT2D eigenvalue weighted by Crippen LogP contribution is 2.50. The van der Waals surface area contributed by atoms with Crippen LogP contribution < -0.4 is 9.47 Å². The molecule has 0 amide bonds. The van der Waals surface area contributed by atoms with Crippen LogP contribution in [0.3, 0.4) is 0 Å². The number of benzene rings is 2. The van der Waals surface area contributed by atoms with Crippen molar-refractivity contribution in [2.24, 2.45) is 5.41 Å². The minimum atomic E-state index is -1.04. The van der Waals surface area contributed by atoms with Gasteiger partial charge in [0.05, 0.1) is 41.9 Å². The standard InChI is InChI=1S/C34H32F2N6O4/c35-26-14-22(18-38)4-5-29(26)45-20-24-2-1-3-31(39-24)46-25-6-12-41(13-7-25)19-30-40-33-27(36)15-23(17-32(43)44)16-28(33)42(30)21-34(8-9-34)10-11-37/h1-5,14-16,25H,6-10,12-13,17,19-21H2,(H,43,44). The molecular weight excluding hydrogens is 594 g/mol. The van der Waals surface area contributed by atoms with E-state index in [1.165, 1.54) is 18.2 Å². The molecule has 1 saturated carbocycles. The van der Waals surface area contributed by atoms with Gasteiger partial charge < -0.3 is 19.1 Å². The molecule has 2 aromatic carbocycles. The molecule has 236 valence electrons. The van der Waals surface area contributed by atoms with Crippen molar-refractivity contribution in [1.29, 1.82) is 10.5 Å². The number of aliphatic carboxylic acids is 1. The average Bonchev–Trinajstić information content (AvgIpc) is 3.71. The summed E-state index contributed by atoms with van der Waals surface area (Å²) in [7, 11) is 0. The van der Waals surface area contributed by atoms with Gasteiger partial charge in [0.25, 0.3) is 0 Å². The monoisotopic (exact) mass is 626 g/mol. The number of halogens is 2. The molecule has 1 aliphatic heterocycles. The Morgan fingerprint density at radius 3 is 2.57 bits per heavy atom. The fourth-order valence-corrected chi connectivity index (χ4v) is 5.93. The third-order valence-corrected chi connectivity index (χ3v) is 8.61. The lowest BCUT2D eigenvalue weighted by molar-refractivity contribution is -0.136. The summed E-state index contributed by atoms with van der Waals surface area (Å²) in [5.74, 6) is -1.02. The third kappa shape index (κ3) is 7.08. The van der Waals surface area contributed by atoms with Crippen molar-refractivity contribution in [1.82, 2.24) is 19.4 Å². The van der Waals surface area contributed by atoms with Crippen LogP contribution in [0.1, 0.15) is 54.7 Å². The topological polar surface area (TPSA) is 137 Å². The second-order valence-corrected chi connectivity index (χ2v) is 12.1. The molecule has 0 bridgehead atoms. The molecule has 6 rings (SSSR count). The molecule has 4 aromatic rings. The van der Waals surface area contributed by atoms with E-state index < -0.39 is 17.6 Å². The predicted molar refractivity (Wildman–Crippen MR) is 162 cm³/mol. The summed E-state index contributed by atoms with van der Waals surface area (Å²) in [5.41, 5.74) is 1.77. The van der Waals surface area contributed by atoms with Gasteiger partial charge in [0, 0.05) is 37.5 Å². The van der Waals surface area contributed by atoms with E-state index in [-0.39, 0.29) is 41.4 Å². The van der Waals surface area contributed by atoms with Crippen LogP contribution in [0.2, 0.25) is 0 Å². The second kappa shape index (κ2) is 13.1. The van der Waals surface area contributed by atoms with Crippen molar-refractivity contribution < 1.29 is 28.2 Å². The molecule has 2 fully saturated rings. The first kappa shape index (κ1) is 30.9. The molecule has 2 aromatic heterocycles. The van der Waals surface area contributed by atoms with Gasteiger partial charge in [-0.2, -0.15) is 10.5 Å². The lowest BCUT2D eigenvalue weighted by atomic mass is 10.0. The van der Waals surface area contributed by atoms with E-state index in [9.17, 15) is 19.6 Å². The Morgan fingerprint density at radius 1 is 1.07 bits per heavy atom. The van der Waals surface area contributed by atoms with E-state index in [4.69, 9.17) is 14.7 Å². The number of carboxylic acid groups (broad SMARTS) is 1. The van der Waals surface area contributed by atoms with Gasteiger partial charge >= 0.3 is 5.97 Å². The molecule has 1 aliphatic carbocycles. The van der Waals surface area contributed by atoms with Gasteiger partial charge in [0.1, 0.15) is 24.1 Å². The molecule has 0 unspecified atom stereocenters. The highest BCUT2D eigenvalue weighted by Gasteiger charge is 2.43. The maximum Gasteiger partial charge on any atom is 0.307 e. The van der Waals surface area contributed by atoms with Crippen LogP contribution in [0.5, 0.6) is 11.6 Å². The number of fused-ring (bicyclic) bond motifs is 1. The number of likely N-dealkylation sites (tertiary alicyclic amines) is 1. The normalized spacial score (nSPS) is 16.1. The SMILES string of the molecule is N#CCC1(Cn2c(CN3CCC(Oc4cccc(COc5ccc(C#N)cc5F)n4)CC3)nc3c(F)cc(CC(=O)O)cc32)CC1. The fraction of sp³-hybridized carbons (Fsp3) is 0.382. The summed E-state index contributed by atoms with van der Waals surface area (Å²) in [4.78, 5) is 22.8. The van der Waals surface area contributed by atoms with Gasteiger partial charge in [0.15, 0.2) is 17.4 Å². The molecule has 1 saturated heterocycles. The number of imidazole rings is 1. The summed E-state index contributed by atoms with van der Waals surface area (Å²) in [6.45, 7) is 2.48. The summed E-state index contributed by atoms with van der Waals surface area (Å²) < 4.78 is 43.0. The number of rotatable bonds is 12. The van der Waals surface area contributed by atoms with E-state index in [2.05, 4.69) is 20.9 Å². The minimum absolute atomic E-state index is 0.0352. The molecular formula is C34H32F2N6O4. The molecule has 0 radical (unpaired) electrons. The van der Waals surface area contributed by atoms with Gasteiger partial charge in [-0.1, -0.05) is 6.07 Å². The van der Waals surface area contributed by atoms with Crippen LogP contribution >= 0.6 is 0 Å². The second-order valence-electron chi connectivity index (χ2n) is 12.1. The molecule has 3 heterocycles. The van der Waals surface area contributed by atoms with Crippen molar-refractivity contribution in [3.8, 4) is 23.8 Å². The first-order valence-electron chi connectivity index (χ1n) is 15.2. The van der Waals surface area contributed by atoms with Gasteiger partial charge in [0.2, 0.25) is 5.88 Å². The number of pyridine rings is 1. The lowest BCUT2D eigenvalue weighted by Crippen LogP contribution is -2.38. The summed E-state index contributed by atoms with van der Waals surface area (Å²) in [5, 5.41) is 27.6. The number of carboxylic acids is 1. The Balaban J connectivity index is 1.10. The van der Waals surface area contributed by atoms with E-state index in [0.29, 0.717) is 61.1 Å². The van der Waals surface area contributed by atoms with E-state index in [1.807, 2.05) is 10.6 Å². The number of nitriles is 2. The molecule has 10 nitrogen and oxygen atoms in total. The number of nitrogens with zero attached hydrogens (tertiary/aromatic N) is 6. The van der Waals surface area contributed by atoms with Gasteiger partial charge in [-0.25, -0.2) is 18.7 Å². The maximum atomic E-state index is 15.1. The largest absolute Gasteiger partial charge is 0.484 e. The Labute approximate surface area is 264 Å². The Kier molecular flexibility index (Phi) is 8.82. The van der Waals surface area contributed by atoms with E-state index in [1.54, 1.807) is 24.3 Å².